The molecule has 21 heavy (non-hydrogen) atoms. The number of hydrogen-bond donors (Lipinski definition) is 2. The molecule has 0 saturated heterocycles. The first-order valence-electron chi connectivity index (χ1n) is 8.28. The topological polar surface area (TPSA) is 32.3 Å². The van der Waals surface area contributed by atoms with Gasteiger partial charge in [0.1, 0.15) is 0 Å². The predicted molar refractivity (Wildman–Crippen MR) is 92.0 cm³/mol. The number of benzene rings is 1. The van der Waals surface area contributed by atoms with Crippen LogP contribution in [0.1, 0.15) is 51.5 Å². The summed E-state index contributed by atoms with van der Waals surface area (Å²) in [5, 5.41) is 14.4. The highest BCUT2D eigenvalue weighted by molar-refractivity contribution is 8.00. The minimum absolute atomic E-state index is 0.641. The zero-order valence-electron chi connectivity index (χ0n) is 13.4. The summed E-state index contributed by atoms with van der Waals surface area (Å²) < 4.78 is 0. The van der Waals surface area contributed by atoms with Gasteiger partial charge in [-0.15, -0.1) is 11.8 Å². The van der Waals surface area contributed by atoms with Gasteiger partial charge in [0.25, 0.3) is 0 Å². The van der Waals surface area contributed by atoms with Crippen molar-refractivity contribution in [3.63, 3.8) is 0 Å². The maximum absolute atomic E-state index is 10.4. The number of hydrogen-bond acceptors (Lipinski definition) is 3. The maximum atomic E-state index is 10.4. The van der Waals surface area contributed by atoms with Gasteiger partial charge in [-0.1, -0.05) is 38.3 Å². The van der Waals surface area contributed by atoms with E-state index < -0.39 is 5.60 Å². The van der Waals surface area contributed by atoms with Gasteiger partial charge in [0, 0.05) is 23.1 Å². The Morgan fingerprint density at radius 1 is 1.19 bits per heavy atom. The van der Waals surface area contributed by atoms with E-state index in [2.05, 4.69) is 36.5 Å². The van der Waals surface area contributed by atoms with Crippen LogP contribution in [0.5, 0.6) is 0 Å². The number of likely N-dealkylation sites (N-methyl/N-ethyl adjacent to an activating group) is 1. The minimum atomic E-state index is -0.673. The normalized spacial score (nSPS) is 19.4. The molecule has 0 spiro atoms. The van der Waals surface area contributed by atoms with Gasteiger partial charge >= 0.3 is 0 Å². The van der Waals surface area contributed by atoms with Crippen LogP contribution in [-0.2, 0) is 6.42 Å². The Kier molecular flexibility index (Phi) is 6.59. The highest BCUT2D eigenvalue weighted by Crippen LogP contribution is 2.33. The summed E-state index contributed by atoms with van der Waals surface area (Å²) in [6.07, 6.45) is 7.63. The molecule has 1 aromatic rings. The van der Waals surface area contributed by atoms with E-state index in [0.717, 1.165) is 11.8 Å². The van der Waals surface area contributed by atoms with E-state index in [-0.39, 0.29) is 0 Å². The van der Waals surface area contributed by atoms with Crippen molar-refractivity contribution in [2.75, 3.05) is 13.1 Å². The Morgan fingerprint density at radius 3 is 2.48 bits per heavy atom. The molecule has 1 aliphatic rings. The zero-order valence-corrected chi connectivity index (χ0v) is 14.2. The molecule has 2 N–H and O–H groups in total. The van der Waals surface area contributed by atoms with Crippen molar-refractivity contribution in [2.24, 2.45) is 0 Å². The van der Waals surface area contributed by atoms with E-state index >= 15 is 0 Å². The second-order valence-electron chi connectivity index (χ2n) is 6.48. The fourth-order valence-electron chi connectivity index (χ4n) is 2.96. The maximum Gasteiger partial charge on any atom is 0.0783 e. The molecule has 1 saturated carbocycles. The summed E-state index contributed by atoms with van der Waals surface area (Å²) in [4.78, 5) is 1.37. The van der Waals surface area contributed by atoms with Crippen molar-refractivity contribution < 1.29 is 5.11 Å². The first-order chi connectivity index (χ1) is 10.1. The van der Waals surface area contributed by atoms with Crippen LogP contribution in [0, 0.1) is 0 Å². The molecule has 0 aromatic heterocycles. The van der Waals surface area contributed by atoms with E-state index in [4.69, 9.17) is 0 Å². The molecule has 0 aliphatic heterocycles. The van der Waals surface area contributed by atoms with Gasteiger partial charge in [-0.2, -0.15) is 0 Å². The van der Waals surface area contributed by atoms with Gasteiger partial charge < -0.3 is 10.4 Å². The molecule has 0 heterocycles. The summed E-state index contributed by atoms with van der Waals surface area (Å²) >= 11 is 2.03. The fourth-order valence-corrected chi connectivity index (χ4v) is 4.20. The van der Waals surface area contributed by atoms with E-state index in [1.54, 1.807) is 0 Å². The summed E-state index contributed by atoms with van der Waals surface area (Å²) in [6, 6.07) is 8.78. The molecule has 2 nitrogen and oxygen atoms in total. The average Bonchev–Trinajstić information content (AvgIpc) is 2.48. The molecule has 118 valence electrons. The second kappa shape index (κ2) is 8.21. The van der Waals surface area contributed by atoms with Crippen molar-refractivity contribution in [2.45, 2.75) is 68.1 Å². The summed E-state index contributed by atoms with van der Waals surface area (Å²) in [5.74, 6) is 0. The Morgan fingerprint density at radius 2 is 1.86 bits per heavy atom. The van der Waals surface area contributed by atoms with Crippen LogP contribution < -0.4 is 5.32 Å². The molecule has 0 radical (unpaired) electrons. The van der Waals surface area contributed by atoms with Crippen LogP contribution in [0.3, 0.4) is 0 Å². The summed E-state index contributed by atoms with van der Waals surface area (Å²) in [6.45, 7) is 5.50. The average molecular weight is 308 g/mol. The van der Waals surface area contributed by atoms with Crippen molar-refractivity contribution in [3.05, 3.63) is 29.8 Å². The first kappa shape index (κ1) is 16.9. The van der Waals surface area contributed by atoms with E-state index in [1.165, 1.54) is 42.6 Å². The van der Waals surface area contributed by atoms with Gasteiger partial charge in [-0.25, -0.2) is 0 Å². The van der Waals surface area contributed by atoms with Crippen LogP contribution in [0.4, 0.5) is 0 Å². The largest absolute Gasteiger partial charge is 0.389 e. The van der Waals surface area contributed by atoms with Gasteiger partial charge in [-0.3, -0.25) is 0 Å². The highest BCUT2D eigenvalue weighted by Gasteiger charge is 2.20. The Labute approximate surface area is 133 Å². The summed E-state index contributed by atoms with van der Waals surface area (Å²) in [7, 11) is 0. The number of aliphatic hydroxyl groups is 1. The molecule has 3 heteroatoms. The van der Waals surface area contributed by atoms with Gasteiger partial charge in [0.15, 0.2) is 0 Å². The first-order valence-corrected chi connectivity index (χ1v) is 9.16. The molecule has 1 atom stereocenters. The van der Waals surface area contributed by atoms with Crippen molar-refractivity contribution in [3.8, 4) is 0 Å². The van der Waals surface area contributed by atoms with Crippen LogP contribution in [-0.4, -0.2) is 29.0 Å². The lowest BCUT2D eigenvalue weighted by Gasteiger charge is -2.24. The molecular weight excluding hydrogens is 278 g/mol. The Bertz CT molecular complexity index is 410. The quantitative estimate of drug-likeness (QED) is 0.798. The molecule has 1 unspecified atom stereocenters. The van der Waals surface area contributed by atoms with Gasteiger partial charge in [-0.05, 0) is 44.0 Å². The molecule has 1 fully saturated rings. The minimum Gasteiger partial charge on any atom is -0.389 e. The van der Waals surface area contributed by atoms with Gasteiger partial charge in [0.05, 0.1) is 5.60 Å². The molecule has 0 bridgehead atoms. The second-order valence-corrected chi connectivity index (χ2v) is 7.85. The predicted octanol–water partition coefficient (Wildman–Crippen LogP) is 4.01. The highest BCUT2D eigenvalue weighted by atomic mass is 32.2. The van der Waals surface area contributed by atoms with Crippen LogP contribution in [0.15, 0.2) is 29.2 Å². The fraction of sp³-hybridized carbons (Fsp3) is 0.667. The number of nitrogens with one attached hydrogen (secondary N) is 1. The van der Waals surface area contributed by atoms with Crippen LogP contribution in [0.25, 0.3) is 0 Å². The Hall–Kier alpha value is -0.510. The summed E-state index contributed by atoms with van der Waals surface area (Å²) in [5.41, 5.74) is 0.541. The van der Waals surface area contributed by atoms with Crippen LogP contribution in [0.2, 0.25) is 0 Å². The van der Waals surface area contributed by atoms with E-state index in [1.807, 2.05) is 18.7 Å². The third kappa shape index (κ3) is 6.01. The lowest BCUT2D eigenvalue weighted by atomic mass is 9.96. The van der Waals surface area contributed by atoms with Crippen molar-refractivity contribution >= 4 is 11.8 Å². The lowest BCUT2D eigenvalue weighted by molar-refractivity contribution is 0.0607. The SMILES string of the molecule is CCNCC(C)(O)Cc1ccc(SC2CCCCC2)cc1. The zero-order chi connectivity index (χ0) is 15.1. The third-order valence-electron chi connectivity index (χ3n) is 4.12. The molecule has 1 aromatic carbocycles. The molecular formula is C18H29NOS. The van der Waals surface area contributed by atoms with Gasteiger partial charge in [0.2, 0.25) is 0 Å². The molecule has 2 rings (SSSR count). The smallest absolute Gasteiger partial charge is 0.0783 e. The lowest BCUT2D eigenvalue weighted by Crippen LogP contribution is -2.39. The van der Waals surface area contributed by atoms with E-state index in [9.17, 15) is 5.11 Å². The van der Waals surface area contributed by atoms with E-state index in [0.29, 0.717) is 13.0 Å². The third-order valence-corrected chi connectivity index (χ3v) is 5.47. The number of thioether (sulfide) groups is 1. The number of rotatable bonds is 7. The standard InChI is InChI=1S/C18H29NOS/c1-3-19-14-18(2,20)13-15-9-11-17(12-10-15)21-16-7-5-4-6-8-16/h9-12,16,19-20H,3-8,13-14H2,1-2H3. The monoisotopic (exact) mass is 307 g/mol. The van der Waals surface area contributed by atoms with Crippen molar-refractivity contribution in [1.82, 2.24) is 5.32 Å². The van der Waals surface area contributed by atoms with Crippen molar-refractivity contribution in [1.29, 1.82) is 0 Å². The molecule has 1 aliphatic carbocycles. The van der Waals surface area contributed by atoms with Crippen LogP contribution >= 0.6 is 11.8 Å². The Balaban J connectivity index is 1.86. The molecule has 0 amide bonds.